The Kier molecular flexibility index (Phi) is 5.99. The standard InChI is InChI=1S/C25H28Cl2N2O3/c1-14-10-20(26)24(21(27)11-14)32-18-8-9-29(13-18)17-5-2-15(3-6-17)19-12-16-4-7-22(28-16)23(19)25(30)31/h2-3,5-6,10-11,16,18-19,22-23,28H,4,7-9,12-13H2,1H3,(H,30,31)/t16-,18?,19+,22+,23+/m0/s1. The van der Waals surface area contributed by atoms with Crippen LogP contribution in [0.4, 0.5) is 5.69 Å². The van der Waals surface area contributed by atoms with Crippen molar-refractivity contribution in [3.8, 4) is 5.75 Å². The second-order valence-electron chi connectivity index (χ2n) is 9.38. The first-order chi connectivity index (χ1) is 15.4. The van der Waals surface area contributed by atoms with Crippen LogP contribution in [0.15, 0.2) is 36.4 Å². The average molecular weight is 475 g/mol. The molecule has 170 valence electrons. The van der Waals surface area contributed by atoms with Crippen molar-refractivity contribution in [2.45, 2.75) is 56.7 Å². The number of anilines is 1. The van der Waals surface area contributed by atoms with Crippen molar-refractivity contribution in [1.82, 2.24) is 5.32 Å². The number of halogens is 2. The normalized spacial score (nSPS) is 29.3. The first-order valence-corrected chi connectivity index (χ1v) is 12.1. The van der Waals surface area contributed by atoms with Gasteiger partial charge in [0, 0.05) is 36.7 Å². The minimum atomic E-state index is -0.690. The van der Waals surface area contributed by atoms with Crippen LogP contribution in [0, 0.1) is 12.8 Å². The molecule has 5 rings (SSSR count). The van der Waals surface area contributed by atoms with Gasteiger partial charge in [-0.05, 0) is 61.6 Å². The van der Waals surface area contributed by atoms with Gasteiger partial charge in [-0.25, -0.2) is 0 Å². The van der Waals surface area contributed by atoms with E-state index >= 15 is 0 Å². The highest BCUT2D eigenvalue weighted by Gasteiger charge is 2.45. The Morgan fingerprint density at radius 1 is 1.12 bits per heavy atom. The first-order valence-electron chi connectivity index (χ1n) is 11.3. The number of carbonyl (C=O) groups is 1. The molecule has 5 nitrogen and oxygen atoms in total. The Hall–Kier alpha value is -1.95. The summed E-state index contributed by atoms with van der Waals surface area (Å²) in [6.45, 7) is 3.60. The lowest BCUT2D eigenvalue weighted by molar-refractivity contribution is -0.144. The summed E-state index contributed by atoms with van der Waals surface area (Å²) < 4.78 is 6.16. The van der Waals surface area contributed by atoms with Crippen molar-refractivity contribution in [1.29, 1.82) is 0 Å². The zero-order valence-corrected chi connectivity index (χ0v) is 19.6. The fourth-order valence-corrected chi connectivity index (χ4v) is 6.38. The molecule has 3 heterocycles. The molecular formula is C25H28Cl2N2O3. The number of benzene rings is 2. The molecule has 3 aliphatic rings. The summed E-state index contributed by atoms with van der Waals surface area (Å²) in [5.41, 5.74) is 3.27. The van der Waals surface area contributed by atoms with E-state index in [9.17, 15) is 9.90 Å². The van der Waals surface area contributed by atoms with Crippen LogP contribution in [0.25, 0.3) is 0 Å². The second kappa shape index (κ2) is 8.77. The Labute approximate surface area is 198 Å². The van der Waals surface area contributed by atoms with Crippen LogP contribution < -0.4 is 15.0 Å². The molecule has 3 fully saturated rings. The van der Waals surface area contributed by atoms with Crippen LogP contribution in [0.5, 0.6) is 5.75 Å². The van der Waals surface area contributed by atoms with Crippen LogP contribution in [0.3, 0.4) is 0 Å². The predicted octanol–water partition coefficient (Wildman–Crippen LogP) is 5.27. The number of nitrogens with zero attached hydrogens (tertiary/aromatic N) is 1. The highest BCUT2D eigenvalue weighted by Crippen LogP contribution is 2.42. The molecule has 0 saturated carbocycles. The van der Waals surface area contributed by atoms with E-state index in [2.05, 4.69) is 34.5 Å². The van der Waals surface area contributed by atoms with Gasteiger partial charge in [-0.1, -0.05) is 35.3 Å². The summed E-state index contributed by atoms with van der Waals surface area (Å²) in [5, 5.41) is 14.4. The number of piperidine rings is 1. The van der Waals surface area contributed by atoms with E-state index in [1.807, 2.05) is 19.1 Å². The van der Waals surface area contributed by atoms with Gasteiger partial charge >= 0.3 is 5.97 Å². The quantitative estimate of drug-likeness (QED) is 0.617. The maximum Gasteiger partial charge on any atom is 0.308 e. The number of ether oxygens (including phenoxy) is 1. The van der Waals surface area contributed by atoms with Crippen molar-refractivity contribution in [3.05, 3.63) is 57.6 Å². The van der Waals surface area contributed by atoms with Gasteiger partial charge in [0.2, 0.25) is 0 Å². The molecular weight excluding hydrogens is 447 g/mol. The van der Waals surface area contributed by atoms with Gasteiger partial charge in [-0.3, -0.25) is 4.79 Å². The third-order valence-corrected chi connectivity index (χ3v) is 7.79. The average Bonchev–Trinajstić information content (AvgIpc) is 3.37. The van der Waals surface area contributed by atoms with E-state index in [0.29, 0.717) is 21.8 Å². The first kappa shape index (κ1) is 21.9. The Bertz CT molecular complexity index is 990. The molecule has 3 saturated heterocycles. The molecule has 7 heteroatoms. The fraction of sp³-hybridized carbons (Fsp3) is 0.480. The SMILES string of the molecule is Cc1cc(Cl)c(OC2CCN(c3ccc([C@H]4C[C@@H]5CC[C@@H](N5)[C@@H]4C(=O)O)cc3)C2)c(Cl)c1. The number of aliphatic carboxylic acids is 1. The molecule has 0 aromatic heterocycles. The van der Waals surface area contributed by atoms with Crippen molar-refractivity contribution >= 4 is 34.9 Å². The smallest absolute Gasteiger partial charge is 0.308 e. The maximum absolute atomic E-state index is 12.0. The van der Waals surface area contributed by atoms with Gasteiger partial charge in [0.1, 0.15) is 6.10 Å². The van der Waals surface area contributed by atoms with Gasteiger partial charge in [0.15, 0.2) is 5.75 Å². The molecule has 2 N–H and O–H groups in total. The number of aryl methyl sites for hydroxylation is 1. The Morgan fingerprint density at radius 2 is 1.84 bits per heavy atom. The Balaban J connectivity index is 1.27. The number of carboxylic acids is 1. The van der Waals surface area contributed by atoms with Gasteiger partial charge in [0.05, 0.1) is 22.5 Å². The summed E-state index contributed by atoms with van der Waals surface area (Å²) >= 11 is 12.7. The summed E-state index contributed by atoms with van der Waals surface area (Å²) in [7, 11) is 0. The monoisotopic (exact) mass is 474 g/mol. The van der Waals surface area contributed by atoms with E-state index in [4.69, 9.17) is 27.9 Å². The van der Waals surface area contributed by atoms with Crippen LogP contribution >= 0.6 is 23.2 Å². The zero-order chi connectivity index (χ0) is 22.4. The van der Waals surface area contributed by atoms with Crippen molar-refractivity contribution in [2.24, 2.45) is 5.92 Å². The number of carboxylic acid groups (broad SMARTS) is 1. The van der Waals surface area contributed by atoms with E-state index in [0.717, 1.165) is 55.6 Å². The molecule has 0 spiro atoms. The van der Waals surface area contributed by atoms with Gasteiger partial charge in [-0.2, -0.15) is 0 Å². The van der Waals surface area contributed by atoms with E-state index in [1.165, 1.54) is 0 Å². The molecule has 1 unspecified atom stereocenters. The number of rotatable bonds is 5. The molecule has 2 aromatic carbocycles. The van der Waals surface area contributed by atoms with Crippen LogP contribution in [0.2, 0.25) is 10.0 Å². The van der Waals surface area contributed by atoms with E-state index in [-0.39, 0.29) is 24.0 Å². The topological polar surface area (TPSA) is 61.8 Å². The minimum absolute atomic E-state index is 0.0174. The molecule has 5 atom stereocenters. The lowest BCUT2D eigenvalue weighted by Gasteiger charge is -2.35. The predicted molar refractivity (Wildman–Crippen MR) is 127 cm³/mol. The third kappa shape index (κ3) is 4.18. The van der Waals surface area contributed by atoms with Crippen molar-refractivity contribution < 1.29 is 14.6 Å². The molecule has 0 amide bonds. The summed E-state index contributed by atoms with van der Waals surface area (Å²) in [5.74, 6) is -0.416. The van der Waals surface area contributed by atoms with Crippen LogP contribution in [-0.4, -0.2) is 42.4 Å². The van der Waals surface area contributed by atoms with E-state index < -0.39 is 5.97 Å². The fourth-order valence-electron chi connectivity index (χ4n) is 5.70. The molecule has 3 aliphatic heterocycles. The second-order valence-corrected chi connectivity index (χ2v) is 10.2. The lowest BCUT2D eigenvalue weighted by atomic mass is 9.77. The van der Waals surface area contributed by atoms with E-state index in [1.54, 1.807) is 0 Å². The third-order valence-electron chi connectivity index (χ3n) is 7.23. The van der Waals surface area contributed by atoms with Gasteiger partial charge < -0.3 is 20.1 Å². The molecule has 2 bridgehead atoms. The number of nitrogens with one attached hydrogen (secondary N) is 1. The number of hydrogen-bond acceptors (Lipinski definition) is 4. The summed E-state index contributed by atoms with van der Waals surface area (Å²) in [4.78, 5) is 14.3. The van der Waals surface area contributed by atoms with Crippen LogP contribution in [0.1, 0.15) is 42.7 Å². The highest BCUT2D eigenvalue weighted by molar-refractivity contribution is 6.37. The molecule has 0 aliphatic carbocycles. The maximum atomic E-state index is 12.0. The molecule has 0 radical (unpaired) electrons. The molecule has 2 aromatic rings. The zero-order valence-electron chi connectivity index (χ0n) is 18.1. The number of fused-ring (bicyclic) bond motifs is 2. The van der Waals surface area contributed by atoms with Crippen molar-refractivity contribution in [2.75, 3.05) is 18.0 Å². The van der Waals surface area contributed by atoms with Gasteiger partial charge in [-0.15, -0.1) is 0 Å². The van der Waals surface area contributed by atoms with Crippen molar-refractivity contribution in [3.63, 3.8) is 0 Å². The highest BCUT2D eigenvalue weighted by atomic mass is 35.5. The number of hydrogen-bond donors (Lipinski definition) is 2. The Morgan fingerprint density at radius 3 is 2.53 bits per heavy atom. The van der Waals surface area contributed by atoms with Crippen LogP contribution in [-0.2, 0) is 4.79 Å². The van der Waals surface area contributed by atoms with Gasteiger partial charge in [0.25, 0.3) is 0 Å². The summed E-state index contributed by atoms with van der Waals surface area (Å²) in [6.07, 6.45) is 3.84. The minimum Gasteiger partial charge on any atom is -0.485 e. The summed E-state index contributed by atoms with van der Waals surface area (Å²) in [6, 6.07) is 12.7. The largest absolute Gasteiger partial charge is 0.485 e. The lowest BCUT2D eigenvalue weighted by Crippen LogP contribution is -2.47. The molecule has 32 heavy (non-hydrogen) atoms.